The first kappa shape index (κ1) is 15.6. The minimum atomic E-state index is -0.981. The summed E-state index contributed by atoms with van der Waals surface area (Å²) in [6.07, 6.45) is 5.29. The summed E-state index contributed by atoms with van der Waals surface area (Å²) in [5.74, 6) is -0.704. The summed E-state index contributed by atoms with van der Waals surface area (Å²) in [6, 6.07) is 0. The Labute approximate surface area is 102 Å². The van der Waals surface area contributed by atoms with E-state index in [1.54, 1.807) is 0 Å². The summed E-state index contributed by atoms with van der Waals surface area (Å²) in [6.45, 7) is 8.22. The molecule has 3 aliphatic heterocycles. The van der Waals surface area contributed by atoms with E-state index in [0.717, 1.165) is 18.9 Å². The molecule has 0 unspecified atom stereocenters. The van der Waals surface area contributed by atoms with E-state index in [2.05, 4.69) is 11.5 Å². The van der Waals surface area contributed by atoms with Gasteiger partial charge in [0.2, 0.25) is 0 Å². The van der Waals surface area contributed by atoms with Crippen LogP contribution in [-0.2, 0) is 9.59 Å². The fourth-order valence-corrected chi connectivity index (χ4v) is 1.86. The van der Waals surface area contributed by atoms with Gasteiger partial charge in [-0.1, -0.05) is 6.58 Å². The molecule has 5 nitrogen and oxygen atoms in total. The average Bonchev–Trinajstić information content (AvgIpc) is 2.31. The van der Waals surface area contributed by atoms with Gasteiger partial charge >= 0.3 is 5.97 Å². The molecule has 0 aromatic rings. The van der Waals surface area contributed by atoms with Crippen LogP contribution in [0.3, 0.4) is 0 Å². The van der Waals surface area contributed by atoms with Gasteiger partial charge in [0, 0.05) is 13.0 Å². The van der Waals surface area contributed by atoms with Crippen LogP contribution in [0.4, 0.5) is 0 Å². The van der Waals surface area contributed by atoms with Crippen molar-refractivity contribution in [2.75, 3.05) is 19.6 Å². The fourth-order valence-electron chi connectivity index (χ4n) is 1.86. The van der Waals surface area contributed by atoms with E-state index < -0.39 is 11.9 Å². The quantitative estimate of drug-likeness (QED) is 0.681. The van der Waals surface area contributed by atoms with Crippen molar-refractivity contribution in [1.82, 2.24) is 4.90 Å². The second kappa shape index (κ2) is 8.75. The number of hydrogen-bond donors (Lipinski definition) is 2. The van der Waals surface area contributed by atoms with E-state index in [1.165, 1.54) is 38.9 Å². The Bertz CT molecular complexity index is 230. The normalized spacial score (nSPS) is 24.5. The van der Waals surface area contributed by atoms with Crippen molar-refractivity contribution in [2.24, 2.45) is 5.92 Å². The van der Waals surface area contributed by atoms with Crippen LogP contribution in [0.1, 0.15) is 26.2 Å². The molecule has 0 aromatic carbocycles. The number of rotatable bonds is 1. The lowest BCUT2D eigenvalue weighted by Gasteiger charge is -2.38. The topological polar surface area (TPSA) is 77.8 Å². The third-order valence-corrected chi connectivity index (χ3v) is 2.74. The molecular weight excluding hydrogens is 222 g/mol. The Morgan fingerprint density at radius 3 is 1.53 bits per heavy atom. The molecule has 0 amide bonds. The molecule has 0 spiro atoms. The lowest BCUT2D eigenvalue weighted by molar-refractivity contribution is -0.134. The van der Waals surface area contributed by atoms with E-state index in [1.807, 2.05) is 0 Å². The van der Waals surface area contributed by atoms with Gasteiger partial charge in [-0.3, -0.25) is 4.79 Å². The van der Waals surface area contributed by atoms with Gasteiger partial charge in [0.25, 0.3) is 5.97 Å². The highest BCUT2D eigenvalue weighted by Gasteiger charge is 2.24. The Morgan fingerprint density at radius 1 is 1.18 bits per heavy atom. The summed E-state index contributed by atoms with van der Waals surface area (Å²) < 4.78 is 0. The zero-order chi connectivity index (χ0) is 13.3. The van der Waals surface area contributed by atoms with Crippen LogP contribution in [0.25, 0.3) is 0 Å². The van der Waals surface area contributed by atoms with Gasteiger partial charge in [0.15, 0.2) is 0 Å². The van der Waals surface area contributed by atoms with Crippen molar-refractivity contribution in [1.29, 1.82) is 0 Å². The lowest BCUT2D eigenvalue weighted by atomic mass is 9.89. The summed E-state index contributed by atoms with van der Waals surface area (Å²) in [5, 5.41) is 15.0. The van der Waals surface area contributed by atoms with Crippen molar-refractivity contribution < 1.29 is 19.8 Å². The number of carboxylic acid groups (broad SMARTS) is 2. The Morgan fingerprint density at radius 2 is 1.47 bits per heavy atom. The summed E-state index contributed by atoms with van der Waals surface area (Å²) in [5.41, 5.74) is 0. The van der Waals surface area contributed by atoms with Crippen molar-refractivity contribution in [3.8, 4) is 0 Å². The standard InChI is InChI=1S/C7H13N.C3H4O2.C2H4O2/c1-4-8-5-2-7(1)3-6-8;1-2-3(4)5;1-2(3)4/h7H,1-6H2;2H,1H2,(H,4,5);1H3,(H,3,4). The molecule has 3 fully saturated rings. The third kappa shape index (κ3) is 9.56. The van der Waals surface area contributed by atoms with Gasteiger partial charge in [0.1, 0.15) is 0 Å². The molecule has 3 aliphatic rings. The van der Waals surface area contributed by atoms with E-state index in [9.17, 15) is 4.79 Å². The smallest absolute Gasteiger partial charge is 0.327 e. The molecule has 0 atom stereocenters. The molecule has 0 saturated carbocycles. The number of aliphatic carboxylic acids is 2. The first-order chi connectivity index (χ1) is 7.95. The highest BCUT2D eigenvalue weighted by molar-refractivity contribution is 5.78. The predicted octanol–water partition coefficient (Wildman–Crippen LogP) is 1.45. The van der Waals surface area contributed by atoms with E-state index in [0.29, 0.717) is 0 Å². The predicted molar refractivity (Wildman–Crippen MR) is 64.9 cm³/mol. The molecule has 2 bridgehead atoms. The van der Waals surface area contributed by atoms with Gasteiger partial charge in [-0.2, -0.15) is 0 Å². The number of carboxylic acids is 2. The molecule has 3 saturated heterocycles. The molecule has 3 heterocycles. The minimum Gasteiger partial charge on any atom is -0.481 e. The van der Waals surface area contributed by atoms with Crippen LogP contribution in [-0.4, -0.2) is 46.7 Å². The SMILES string of the molecule is C1CN2CCC1CC2.C=CC(=O)O.CC(=O)O. The second-order valence-electron chi connectivity index (χ2n) is 4.14. The molecule has 0 aliphatic carbocycles. The molecule has 17 heavy (non-hydrogen) atoms. The average molecular weight is 243 g/mol. The van der Waals surface area contributed by atoms with Gasteiger partial charge < -0.3 is 15.1 Å². The second-order valence-corrected chi connectivity index (χ2v) is 4.14. The van der Waals surface area contributed by atoms with Crippen molar-refractivity contribution in [2.45, 2.75) is 26.2 Å². The highest BCUT2D eigenvalue weighted by Crippen LogP contribution is 2.26. The molecule has 2 N–H and O–H groups in total. The number of carbonyl (C=O) groups is 2. The number of piperidine rings is 3. The van der Waals surface area contributed by atoms with E-state index in [-0.39, 0.29) is 0 Å². The fraction of sp³-hybridized carbons (Fsp3) is 0.667. The molecule has 5 heteroatoms. The van der Waals surface area contributed by atoms with Gasteiger partial charge in [-0.15, -0.1) is 0 Å². The van der Waals surface area contributed by atoms with Crippen LogP contribution < -0.4 is 0 Å². The number of fused-ring (bicyclic) bond motifs is 3. The number of nitrogens with zero attached hydrogens (tertiary/aromatic N) is 1. The van der Waals surface area contributed by atoms with Crippen LogP contribution in [0, 0.1) is 5.92 Å². The monoisotopic (exact) mass is 243 g/mol. The van der Waals surface area contributed by atoms with Gasteiger partial charge in [-0.25, -0.2) is 4.79 Å². The molecule has 3 rings (SSSR count). The molecule has 98 valence electrons. The van der Waals surface area contributed by atoms with Crippen LogP contribution in [0.2, 0.25) is 0 Å². The Hall–Kier alpha value is -1.36. The van der Waals surface area contributed by atoms with E-state index >= 15 is 0 Å². The maximum absolute atomic E-state index is 9.25. The van der Waals surface area contributed by atoms with E-state index in [4.69, 9.17) is 15.0 Å². The maximum atomic E-state index is 9.25. The van der Waals surface area contributed by atoms with Gasteiger partial charge in [0.05, 0.1) is 0 Å². The molecule has 0 radical (unpaired) electrons. The summed E-state index contributed by atoms with van der Waals surface area (Å²) in [4.78, 5) is 20.8. The zero-order valence-electron chi connectivity index (χ0n) is 10.3. The van der Waals surface area contributed by atoms with Crippen LogP contribution in [0.5, 0.6) is 0 Å². The lowest BCUT2D eigenvalue weighted by Crippen LogP contribution is -2.41. The largest absolute Gasteiger partial charge is 0.481 e. The van der Waals surface area contributed by atoms with Crippen LogP contribution >= 0.6 is 0 Å². The van der Waals surface area contributed by atoms with Crippen molar-refractivity contribution in [3.63, 3.8) is 0 Å². The first-order valence-electron chi connectivity index (χ1n) is 5.73. The zero-order valence-corrected chi connectivity index (χ0v) is 10.3. The molecule has 0 aromatic heterocycles. The third-order valence-electron chi connectivity index (χ3n) is 2.74. The Balaban J connectivity index is 0.000000250. The first-order valence-corrected chi connectivity index (χ1v) is 5.73. The maximum Gasteiger partial charge on any atom is 0.327 e. The molecular formula is C12H21NO4. The van der Waals surface area contributed by atoms with Crippen molar-refractivity contribution in [3.05, 3.63) is 12.7 Å². The van der Waals surface area contributed by atoms with Crippen LogP contribution in [0.15, 0.2) is 12.7 Å². The Kier molecular flexibility index (Phi) is 8.05. The number of hydrogen-bond acceptors (Lipinski definition) is 3. The van der Waals surface area contributed by atoms with Crippen molar-refractivity contribution >= 4 is 11.9 Å². The summed E-state index contributed by atoms with van der Waals surface area (Å²) >= 11 is 0. The minimum absolute atomic E-state index is 0.833. The summed E-state index contributed by atoms with van der Waals surface area (Å²) in [7, 11) is 0. The highest BCUT2D eigenvalue weighted by atomic mass is 16.4. The van der Waals surface area contributed by atoms with Gasteiger partial charge in [-0.05, 0) is 44.8 Å².